The normalized spacial score (nSPS) is 32.1. The number of hydrogen-bond acceptors (Lipinski definition) is 2. The quantitative estimate of drug-likeness (QED) is 0.781. The van der Waals surface area contributed by atoms with Crippen molar-refractivity contribution in [1.82, 2.24) is 10.2 Å². The number of hydrogen-bond donors (Lipinski definition) is 2. The van der Waals surface area contributed by atoms with Gasteiger partial charge in [-0.1, -0.05) is 13.3 Å². The number of piperidine rings is 1. The van der Waals surface area contributed by atoms with E-state index in [1.54, 1.807) is 4.90 Å². The van der Waals surface area contributed by atoms with Crippen LogP contribution >= 0.6 is 0 Å². The molecule has 5 nitrogen and oxygen atoms in total. The van der Waals surface area contributed by atoms with Crippen molar-refractivity contribution in [2.45, 2.75) is 38.6 Å². The Labute approximate surface area is 101 Å². The molecule has 2 unspecified atom stereocenters. The number of carbonyl (C=O) groups is 2. The van der Waals surface area contributed by atoms with Crippen LogP contribution in [-0.4, -0.2) is 41.1 Å². The minimum absolute atomic E-state index is 0.0862. The summed E-state index contributed by atoms with van der Waals surface area (Å²) in [7, 11) is 0. The second-order valence-corrected chi connectivity index (χ2v) is 5.08. The molecule has 1 saturated carbocycles. The molecular weight excluding hydrogens is 220 g/mol. The van der Waals surface area contributed by atoms with E-state index in [-0.39, 0.29) is 6.03 Å². The van der Waals surface area contributed by atoms with Gasteiger partial charge in [-0.3, -0.25) is 4.79 Å². The Bertz CT molecular complexity index is 319. The van der Waals surface area contributed by atoms with Gasteiger partial charge in [0.2, 0.25) is 0 Å². The van der Waals surface area contributed by atoms with Crippen LogP contribution in [0.4, 0.5) is 4.79 Å². The van der Waals surface area contributed by atoms with Crippen LogP contribution in [0.2, 0.25) is 0 Å². The zero-order chi connectivity index (χ0) is 12.4. The molecule has 2 aliphatic rings. The lowest BCUT2D eigenvalue weighted by Crippen LogP contribution is -2.47. The highest BCUT2D eigenvalue weighted by molar-refractivity contribution is 5.77. The fourth-order valence-electron chi connectivity index (χ4n) is 2.49. The highest BCUT2D eigenvalue weighted by Gasteiger charge is 2.38. The summed E-state index contributed by atoms with van der Waals surface area (Å²) in [5.41, 5.74) is 0. The van der Waals surface area contributed by atoms with E-state index in [2.05, 4.69) is 12.2 Å². The van der Waals surface area contributed by atoms with E-state index in [9.17, 15) is 9.59 Å². The summed E-state index contributed by atoms with van der Waals surface area (Å²) in [6, 6.07) is 0.231. The molecule has 0 radical (unpaired) electrons. The molecule has 5 heteroatoms. The first-order valence-corrected chi connectivity index (χ1v) is 6.40. The molecule has 1 aliphatic carbocycles. The second kappa shape index (κ2) is 4.94. The van der Waals surface area contributed by atoms with Crippen molar-refractivity contribution in [2.24, 2.45) is 11.8 Å². The smallest absolute Gasteiger partial charge is 0.317 e. The van der Waals surface area contributed by atoms with Gasteiger partial charge in [0, 0.05) is 19.1 Å². The number of rotatable bonds is 3. The third kappa shape index (κ3) is 2.90. The van der Waals surface area contributed by atoms with Crippen LogP contribution in [0.15, 0.2) is 0 Å². The molecule has 2 N–H and O–H groups in total. The molecule has 1 heterocycles. The number of nitrogens with zero attached hydrogens (tertiary/aromatic N) is 1. The summed E-state index contributed by atoms with van der Waals surface area (Å²) in [6.45, 7) is 3.15. The molecule has 0 spiro atoms. The molecule has 2 amide bonds. The van der Waals surface area contributed by atoms with Crippen molar-refractivity contribution in [3.05, 3.63) is 0 Å². The Morgan fingerprint density at radius 3 is 2.82 bits per heavy atom. The maximum atomic E-state index is 11.9. The standard InChI is InChI=1S/C12H20N2O3/c1-2-8-6-10(8)13-12(17)14-5-3-4-9(7-14)11(15)16/h8-10H,2-7H2,1H3,(H,13,17)(H,15,16)/t8?,9-,10?/m1/s1. The van der Waals surface area contributed by atoms with Crippen LogP contribution in [-0.2, 0) is 4.79 Å². The molecule has 1 aliphatic heterocycles. The third-order valence-electron chi connectivity index (χ3n) is 3.81. The summed E-state index contributed by atoms with van der Waals surface area (Å²) in [4.78, 5) is 24.4. The Hall–Kier alpha value is -1.26. The highest BCUT2D eigenvalue weighted by atomic mass is 16.4. The van der Waals surface area contributed by atoms with Gasteiger partial charge >= 0.3 is 12.0 Å². The number of carbonyl (C=O) groups excluding carboxylic acids is 1. The van der Waals surface area contributed by atoms with E-state index in [4.69, 9.17) is 5.11 Å². The van der Waals surface area contributed by atoms with E-state index in [0.29, 0.717) is 31.5 Å². The number of likely N-dealkylation sites (tertiary alicyclic amines) is 1. The van der Waals surface area contributed by atoms with Gasteiger partial charge in [0.1, 0.15) is 0 Å². The lowest BCUT2D eigenvalue weighted by Gasteiger charge is -2.30. The minimum Gasteiger partial charge on any atom is -0.481 e. The number of aliphatic carboxylic acids is 1. The summed E-state index contributed by atoms with van der Waals surface area (Å²) in [6.07, 6.45) is 3.63. The van der Waals surface area contributed by atoms with Crippen molar-refractivity contribution in [1.29, 1.82) is 0 Å². The van der Waals surface area contributed by atoms with Crippen LogP contribution in [0, 0.1) is 11.8 Å². The molecule has 2 fully saturated rings. The van der Waals surface area contributed by atoms with Gasteiger partial charge in [-0.15, -0.1) is 0 Å². The predicted molar refractivity (Wildman–Crippen MR) is 62.7 cm³/mol. The Kier molecular flexibility index (Phi) is 3.54. The van der Waals surface area contributed by atoms with E-state index < -0.39 is 11.9 Å². The summed E-state index contributed by atoms with van der Waals surface area (Å²) in [5, 5.41) is 11.9. The maximum absolute atomic E-state index is 11.9. The van der Waals surface area contributed by atoms with E-state index in [1.807, 2.05) is 0 Å². The molecule has 3 atom stereocenters. The Morgan fingerprint density at radius 2 is 2.24 bits per heavy atom. The van der Waals surface area contributed by atoms with Crippen molar-refractivity contribution in [3.63, 3.8) is 0 Å². The van der Waals surface area contributed by atoms with Gasteiger partial charge in [-0.25, -0.2) is 4.79 Å². The summed E-state index contributed by atoms with van der Waals surface area (Å²) >= 11 is 0. The van der Waals surface area contributed by atoms with Crippen LogP contribution in [0.25, 0.3) is 0 Å². The zero-order valence-electron chi connectivity index (χ0n) is 10.2. The van der Waals surface area contributed by atoms with E-state index >= 15 is 0 Å². The molecule has 2 rings (SSSR count). The molecule has 0 aromatic rings. The third-order valence-corrected chi connectivity index (χ3v) is 3.81. The van der Waals surface area contributed by atoms with Crippen molar-refractivity contribution in [2.75, 3.05) is 13.1 Å². The topological polar surface area (TPSA) is 69.6 Å². The van der Waals surface area contributed by atoms with Crippen LogP contribution in [0.3, 0.4) is 0 Å². The van der Waals surface area contributed by atoms with Gasteiger partial charge in [0.25, 0.3) is 0 Å². The predicted octanol–water partition coefficient (Wildman–Crippen LogP) is 1.29. The van der Waals surface area contributed by atoms with Gasteiger partial charge in [-0.2, -0.15) is 0 Å². The second-order valence-electron chi connectivity index (χ2n) is 5.08. The fraction of sp³-hybridized carbons (Fsp3) is 0.833. The molecule has 96 valence electrons. The first kappa shape index (κ1) is 12.2. The average Bonchev–Trinajstić information content (AvgIpc) is 3.07. The lowest BCUT2D eigenvalue weighted by atomic mass is 9.99. The maximum Gasteiger partial charge on any atom is 0.317 e. The van der Waals surface area contributed by atoms with Gasteiger partial charge in [-0.05, 0) is 25.2 Å². The average molecular weight is 240 g/mol. The molecule has 0 aromatic carbocycles. The van der Waals surface area contributed by atoms with Crippen LogP contribution in [0.5, 0.6) is 0 Å². The molecular formula is C12H20N2O3. The number of amides is 2. The molecule has 17 heavy (non-hydrogen) atoms. The monoisotopic (exact) mass is 240 g/mol. The van der Waals surface area contributed by atoms with Crippen LogP contribution in [0.1, 0.15) is 32.6 Å². The molecule has 0 bridgehead atoms. The van der Waals surface area contributed by atoms with Gasteiger partial charge in [0.05, 0.1) is 5.92 Å². The van der Waals surface area contributed by atoms with Gasteiger partial charge < -0.3 is 15.3 Å². The summed E-state index contributed by atoms with van der Waals surface area (Å²) < 4.78 is 0. The lowest BCUT2D eigenvalue weighted by molar-refractivity contribution is -0.143. The highest BCUT2D eigenvalue weighted by Crippen LogP contribution is 2.33. The van der Waals surface area contributed by atoms with Gasteiger partial charge in [0.15, 0.2) is 0 Å². The van der Waals surface area contributed by atoms with Crippen molar-refractivity contribution < 1.29 is 14.7 Å². The van der Waals surface area contributed by atoms with Crippen LogP contribution < -0.4 is 5.32 Å². The number of carboxylic acid groups (broad SMARTS) is 1. The molecule has 0 aromatic heterocycles. The number of urea groups is 1. The van der Waals surface area contributed by atoms with E-state index in [1.165, 1.54) is 0 Å². The first-order chi connectivity index (χ1) is 8.11. The number of nitrogens with one attached hydrogen (secondary N) is 1. The van der Waals surface area contributed by atoms with E-state index in [0.717, 1.165) is 19.3 Å². The Balaban J connectivity index is 1.81. The SMILES string of the molecule is CCC1CC1NC(=O)N1CCC[C@@H](C(=O)O)C1. The summed E-state index contributed by atoms with van der Waals surface area (Å²) in [5.74, 6) is -0.560. The molecule has 1 saturated heterocycles. The number of carboxylic acids is 1. The van der Waals surface area contributed by atoms with Crippen molar-refractivity contribution >= 4 is 12.0 Å². The zero-order valence-corrected chi connectivity index (χ0v) is 10.2. The minimum atomic E-state index is -0.791. The fourth-order valence-corrected chi connectivity index (χ4v) is 2.49. The Morgan fingerprint density at radius 1 is 1.47 bits per heavy atom. The largest absolute Gasteiger partial charge is 0.481 e. The first-order valence-electron chi connectivity index (χ1n) is 6.40. The van der Waals surface area contributed by atoms with Crippen molar-refractivity contribution in [3.8, 4) is 0 Å².